The molecule has 19 heavy (non-hydrogen) atoms. The van der Waals surface area contributed by atoms with Gasteiger partial charge in [-0.05, 0) is 30.2 Å². The first kappa shape index (κ1) is 14.1. The molecule has 0 saturated carbocycles. The van der Waals surface area contributed by atoms with Gasteiger partial charge < -0.3 is 10.3 Å². The maximum absolute atomic E-state index is 11.8. The first-order valence-corrected chi connectivity index (χ1v) is 8.34. The van der Waals surface area contributed by atoms with E-state index in [2.05, 4.69) is 4.57 Å². The van der Waals surface area contributed by atoms with Gasteiger partial charge in [0, 0.05) is 35.9 Å². The van der Waals surface area contributed by atoms with E-state index in [1.54, 1.807) is 6.92 Å². The van der Waals surface area contributed by atoms with Crippen molar-refractivity contribution in [3.05, 3.63) is 35.5 Å². The van der Waals surface area contributed by atoms with Gasteiger partial charge in [0.2, 0.25) is 0 Å². The number of rotatable bonds is 5. The lowest BCUT2D eigenvalue weighted by atomic mass is 10.1. The maximum Gasteiger partial charge on any atom is 0.154 e. The number of nitrogens with zero attached hydrogens (tertiary/aromatic N) is 1. The molecule has 0 spiro atoms. The molecule has 0 aliphatic heterocycles. The number of aryl methyl sites for hydroxylation is 1. The first-order valence-electron chi connectivity index (χ1n) is 6.51. The molecular weight excluding hydrogens is 260 g/mol. The second kappa shape index (κ2) is 5.35. The lowest BCUT2D eigenvalue weighted by molar-refractivity contribution is 0.596. The molecule has 0 unspecified atom stereocenters. The average Bonchev–Trinajstić information content (AvgIpc) is 2.75. The minimum absolute atomic E-state index is 0.0982. The first-order chi connectivity index (χ1) is 9.00. The predicted octanol–water partition coefficient (Wildman–Crippen LogP) is 2.05. The zero-order chi connectivity index (χ0) is 14.0. The van der Waals surface area contributed by atoms with Gasteiger partial charge in [-0.2, -0.15) is 0 Å². The molecule has 2 rings (SSSR count). The van der Waals surface area contributed by atoms with Crippen LogP contribution in [0, 0.1) is 0 Å². The molecule has 1 aromatic heterocycles. The third-order valence-electron chi connectivity index (χ3n) is 3.42. The minimum Gasteiger partial charge on any atom is -0.347 e. The Hall–Kier alpha value is -1.33. The fourth-order valence-electron chi connectivity index (χ4n) is 2.26. The molecule has 0 atom stereocenters. The average molecular weight is 280 g/mol. The number of hydrogen-bond donors (Lipinski definition) is 1. The van der Waals surface area contributed by atoms with Crippen molar-refractivity contribution in [1.29, 1.82) is 0 Å². The number of nitrogens with two attached hydrogens (primary N) is 1. The third-order valence-corrected chi connectivity index (χ3v) is 5.05. The van der Waals surface area contributed by atoms with Crippen LogP contribution in [-0.4, -0.2) is 18.7 Å². The van der Waals surface area contributed by atoms with E-state index in [4.69, 9.17) is 5.73 Å². The summed E-state index contributed by atoms with van der Waals surface area (Å²) in [4.78, 5) is 0. The molecule has 0 saturated heterocycles. The number of aromatic nitrogens is 1. The highest BCUT2D eigenvalue weighted by Gasteiger charge is 2.15. The van der Waals surface area contributed by atoms with Crippen molar-refractivity contribution in [3.8, 4) is 0 Å². The Labute approximate surface area is 114 Å². The van der Waals surface area contributed by atoms with Gasteiger partial charge in [0.05, 0.1) is 5.75 Å². The molecule has 1 heterocycles. The van der Waals surface area contributed by atoms with Crippen molar-refractivity contribution in [1.82, 2.24) is 4.57 Å². The second-order valence-corrected chi connectivity index (χ2v) is 7.03. The van der Waals surface area contributed by atoms with E-state index in [-0.39, 0.29) is 11.5 Å². The summed E-state index contributed by atoms with van der Waals surface area (Å²) < 4.78 is 25.7. The standard InChI is InChI=1S/C14H20N2O2S/c1-3-16-9-12(10-19(17,18)4-2)13-7-11(8-15)5-6-14(13)16/h5-7,9H,3-4,8,10,15H2,1-2H3. The molecule has 0 aliphatic carbocycles. The largest absolute Gasteiger partial charge is 0.347 e. The number of benzene rings is 1. The van der Waals surface area contributed by atoms with Crippen molar-refractivity contribution in [2.45, 2.75) is 32.7 Å². The molecule has 2 aromatic rings. The van der Waals surface area contributed by atoms with Crippen molar-refractivity contribution < 1.29 is 8.42 Å². The molecule has 1 aromatic carbocycles. The Bertz CT molecular complexity index is 687. The topological polar surface area (TPSA) is 65.1 Å². The van der Waals surface area contributed by atoms with Gasteiger partial charge in [0.15, 0.2) is 9.84 Å². The molecule has 0 radical (unpaired) electrons. The zero-order valence-corrected chi connectivity index (χ0v) is 12.2. The van der Waals surface area contributed by atoms with E-state index in [0.29, 0.717) is 6.54 Å². The van der Waals surface area contributed by atoms with Crippen LogP contribution in [0.4, 0.5) is 0 Å². The van der Waals surface area contributed by atoms with Crippen LogP contribution in [0.15, 0.2) is 24.4 Å². The van der Waals surface area contributed by atoms with Crippen LogP contribution in [-0.2, 0) is 28.7 Å². The lowest BCUT2D eigenvalue weighted by Crippen LogP contribution is -2.06. The van der Waals surface area contributed by atoms with Crippen molar-refractivity contribution in [2.75, 3.05) is 5.75 Å². The van der Waals surface area contributed by atoms with Crippen LogP contribution >= 0.6 is 0 Å². The maximum atomic E-state index is 11.8. The lowest BCUT2D eigenvalue weighted by Gasteiger charge is -2.02. The van der Waals surface area contributed by atoms with Gasteiger partial charge in [-0.15, -0.1) is 0 Å². The van der Waals surface area contributed by atoms with E-state index >= 15 is 0 Å². The van der Waals surface area contributed by atoms with Crippen LogP contribution in [0.1, 0.15) is 25.0 Å². The summed E-state index contributed by atoms with van der Waals surface area (Å²) in [5.41, 5.74) is 8.62. The highest BCUT2D eigenvalue weighted by molar-refractivity contribution is 7.90. The smallest absolute Gasteiger partial charge is 0.154 e. The van der Waals surface area contributed by atoms with Gasteiger partial charge in [-0.1, -0.05) is 13.0 Å². The summed E-state index contributed by atoms with van der Waals surface area (Å²) >= 11 is 0. The predicted molar refractivity (Wildman–Crippen MR) is 78.7 cm³/mol. The Morgan fingerprint density at radius 2 is 2.00 bits per heavy atom. The minimum atomic E-state index is -3.02. The summed E-state index contributed by atoms with van der Waals surface area (Å²) in [6, 6.07) is 6.01. The van der Waals surface area contributed by atoms with E-state index in [1.807, 2.05) is 31.3 Å². The highest BCUT2D eigenvalue weighted by Crippen LogP contribution is 2.24. The van der Waals surface area contributed by atoms with Crippen molar-refractivity contribution in [3.63, 3.8) is 0 Å². The second-order valence-electron chi connectivity index (χ2n) is 4.67. The van der Waals surface area contributed by atoms with Gasteiger partial charge in [0.25, 0.3) is 0 Å². The molecule has 0 fully saturated rings. The molecule has 2 N–H and O–H groups in total. The monoisotopic (exact) mass is 280 g/mol. The molecule has 4 nitrogen and oxygen atoms in total. The van der Waals surface area contributed by atoms with Crippen molar-refractivity contribution >= 4 is 20.7 Å². The molecule has 0 aliphatic rings. The number of fused-ring (bicyclic) bond motifs is 1. The molecule has 104 valence electrons. The van der Waals surface area contributed by atoms with E-state index in [1.165, 1.54) is 0 Å². The Balaban J connectivity index is 2.59. The summed E-state index contributed by atoms with van der Waals surface area (Å²) in [5.74, 6) is 0.267. The molecule has 0 bridgehead atoms. The summed E-state index contributed by atoms with van der Waals surface area (Å²) in [6.45, 7) is 5.02. The molecule has 0 amide bonds. The van der Waals surface area contributed by atoms with Crippen LogP contribution in [0.3, 0.4) is 0 Å². The summed E-state index contributed by atoms with van der Waals surface area (Å²) in [7, 11) is -3.02. The van der Waals surface area contributed by atoms with Crippen molar-refractivity contribution in [2.24, 2.45) is 5.73 Å². The van der Waals surface area contributed by atoms with Gasteiger partial charge >= 0.3 is 0 Å². The van der Waals surface area contributed by atoms with Crippen LogP contribution in [0.2, 0.25) is 0 Å². The fourth-order valence-corrected chi connectivity index (χ4v) is 3.17. The van der Waals surface area contributed by atoms with E-state index in [0.717, 1.165) is 28.6 Å². The van der Waals surface area contributed by atoms with Gasteiger partial charge in [-0.25, -0.2) is 8.42 Å². The van der Waals surface area contributed by atoms with E-state index < -0.39 is 9.84 Å². The summed E-state index contributed by atoms with van der Waals surface area (Å²) in [6.07, 6.45) is 1.94. The van der Waals surface area contributed by atoms with Crippen LogP contribution < -0.4 is 5.73 Å². The normalized spacial score (nSPS) is 12.2. The summed E-state index contributed by atoms with van der Waals surface area (Å²) in [5, 5.41) is 1.00. The third kappa shape index (κ3) is 2.82. The number of hydrogen-bond acceptors (Lipinski definition) is 3. The Morgan fingerprint density at radius 3 is 2.58 bits per heavy atom. The van der Waals surface area contributed by atoms with Crippen LogP contribution in [0.5, 0.6) is 0 Å². The zero-order valence-electron chi connectivity index (χ0n) is 11.4. The SMILES string of the molecule is CCn1cc(CS(=O)(=O)CC)c2cc(CN)ccc21. The molecular formula is C14H20N2O2S. The highest BCUT2D eigenvalue weighted by atomic mass is 32.2. The van der Waals surface area contributed by atoms with Crippen LogP contribution in [0.25, 0.3) is 10.9 Å². The number of sulfone groups is 1. The Kier molecular flexibility index (Phi) is 3.96. The quantitative estimate of drug-likeness (QED) is 0.911. The molecule has 5 heteroatoms. The fraction of sp³-hybridized carbons (Fsp3) is 0.429. The Morgan fingerprint density at radius 1 is 1.26 bits per heavy atom. The van der Waals surface area contributed by atoms with E-state index in [9.17, 15) is 8.42 Å². The van der Waals surface area contributed by atoms with Gasteiger partial charge in [0.1, 0.15) is 0 Å². The van der Waals surface area contributed by atoms with Gasteiger partial charge in [-0.3, -0.25) is 0 Å².